The van der Waals surface area contributed by atoms with Crippen LogP contribution in [0.3, 0.4) is 0 Å². The van der Waals surface area contributed by atoms with Crippen LogP contribution in [0, 0.1) is 12.7 Å². The fourth-order valence-electron chi connectivity index (χ4n) is 3.49. The monoisotopic (exact) mass is 418 g/mol. The van der Waals surface area contributed by atoms with Crippen LogP contribution in [0.15, 0.2) is 78.9 Å². The molecule has 31 heavy (non-hydrogen) atoms. The van der Waals surface area contributed by atoms with Gasteiger partial charge in [-0.05, 0) is 55.3 Å². The molecule has 4 nitrogen and oxygen atoms in total. The molecular weight excluding hydrogens is 391 g/mol. The van der Waals surface area contributed by atoms with Gasteiger partial charge in [0.2, 0.25) is 5.91 Å². The minimum atomic E-state index is -0.367. The number of hydrogen-bond acceptors (Lipinski definition) is 2. The van der Waals surface area contributed by atoms with E-state index in [1.165, 1.54) is 12.1 Å². The maximum atomic E-state index is 13.4. The van der Waals surface area contributed by atoms with Gasteiger partial charge in [0.15, 0.2) is 0 Å². The van der Waals surface area contributed by atoms with E-state index >= 15 is 0 Å². The third-order valence-electron chi connectivity index (χ3n) is 5.24. The lowest BCUT2D eigenvalue weighted by molar-refractivity contribution is -0.122. The Hall–Kier alpha value is -3.47. The molecule has 0 saturated heterocycles. The van der Waals surface area contributed by atoms with Crippen molar-refractivity contribution in [3.05, 3.63) is 101 Å². The number of aryl methyl sites for hydroxylation is 1. The quantitative estimate of drug-likeness (QED) is 0.554. The Morgan fingerprint density at radius 3 is 2.19 bits per heavy atom. The first kappa shape index (κ1) is 22.2. The third-order valence-corrected chi connectivity index (χ3v) is 5.24. The summed E-state index contributed by atoms with van der Waals surface area (Å²) in [6.45, 7) is 4.49. The van der Waals surface area contributed by atoms with E-state index in [0.717, 1.165) is 11.1 Å². The molecule has 0 fully saturated rings. The highest BCUT2D eigenvalue weighted by atomic mass is 19.1. The molecule has 3 rings (SSSR count). The van der Waals surface area contributed by atoms with Gasteiger partial charge in [0.05, 0.1) is 5.92 Å². The normalized spacial score (nSPS) is 11.6. The molecule has 5 heteroatoms. The second-order valence-electron chi connectivity index (χ2n) is 7.46. The summed E-state index contributed by atoms with van der Waals surface area (Å²) in [5.74, 6) is -0.881. The molecule has 0 heterocycles. The van der Waals surface area contributed by atoms with Crippen LogP contribution >= 0.6 is 0 Å². The molecule has 2 amide bonds. The summed E-state index contributed by atoms with van der Waals surface area (Å²) >= 11 is 0. The molecule has 0 aromatic heterocycles. The number of rotatable bonds is 8. The van der Waals surface area contributed by atoms with Crippen LogP contribution in [-0.4, -0.2) is 24.9 Å². The topological polar surface area (TPSA) is 49.4 Å². The standard InChI is InChI=1S/C26H27FN2O2/c1-3-24(20-7-5-4-6-8-20)25(30)28-17-18-29(23-15-13-22(27)14-16-23)26(31)21-11-9-19(2)10-12-21/h4-16,24H,3,17-18H2,1-2H3,(H,28,30). The van der Waals surface area contributed by atoms with Gasteiger partial charge in [0.1, 0.15) is 5.82 Å². The van der Waals surface area contributed by atoms with E-state index in [9.17, 15) is 14.0 Å². The Labute approximate surface area is 182 Å². The van der Waals surface area contributed by atoms with E-state index < -0.39 is 0 Å². The maximum absolute atomic E-state index is 13.4. The van der Waals surface area contributed by atoms with Gasteiger partial charge < -0.3 is 10.2 Å². The number of carbonyl (C=O) groups is 2. The Kier molecular flexibility index (Phi) is 7.55. The van der Waals surface area contributed by atoms with Crippen molar-refractivity contribution in [1.82, 2.24) is 5.32 Å². The van der Waals surface area contributed by atoms with Crippen molar-refractivity contribution in [1.29, 1.82) is 0 Å². The molecule has 0 aliphatic rings. The Balaban J connectivity index is 1.72. The van der Waals surface area contributed by atoms with Crippen LogP contribution in [0.2, 0.25) is 0 Å². The minimum absolute atomic E-state index is 0.0736. The SMILES string of the molecule is CCC(C(=O)NCCN(C(=O)c1ccc(C)cc1)c1ccc(F)cc1)c1ccccc1. The molecule has 0 bridgehead atoms. The molecule has 1 N–H and O–H groups in total. The highest BCUT2D eigenvalue weighted by molar-refractivity contribution is 6.06. The number of nitrogens with zero attached hydrogens (tertiary/aromatic N) is 1. The summed E-state index contributed by atoms with van der Waals surface area (Å²) in [5, 5.41) is 2.95. The Morgan fingerprint density at radius 2 is 1.58 bits per heavy atom. The average molecular weight is 419 g/mol. The van der Waals surface area contributed by atoms with Gasteiger partial charge >= 0.3 is 0 Å². The van der Waals surface area contributed by atoms with Crippen LogP contribution in [0.1, 0.15) is 40.7 Å². The summed E-state index contributed by atoms with van der Waals surface area (Å²) in [5.41, 5.74) is 3.14. The van der Waals surface area contributed by atoms with Crippen LogP contribution < -0.4 is 10.2 Å². The highest BCUT2D eigenvalue weighted by Crippen LogP contribution is 2.20. The van der Waals surface area contributed by atoms with E-state index in [2.05, 4.69) is 5.32 Å². The minimum Gasteiger partial charge on any atom is -0.354 e. The summed E-state index contributed by atoms with van der Waals surface area (Å²) < 4.78 is 13.4. The molecular formula is C26H27FN2O2. The number of anilines is 1. The Morgan fingerprint density at radius 1 is 0.935 bits per heavy atom. The first-order chi connectivity index (χ1) is 15.0. The lowest BCUT2D eigenvalue weighted by Crippen LogP contribution is -2.40. The molecule has 1 atom stereocenters. The first-order valence-electron chi connectivity index (χ1n) is 10.5. The van der Waals surface area contributed by atoms with Gasteiger partial charge in [-0.3, -0.25) is 9.59 Å². The van der Waals surface area contributed by atoms with Gasteiger partial charge in [0.25, 0.3) is 5.91 Å². The van der Waals surface area contributed by atoms with Gasteiger partial charge in [-0.25, -0.2) is 4.39 Å². The van der Waals surface area contributed by atoms with Crippen molar-refractivity contribution < 1.29 is 14.0 Å². The number of halogens is 1. The van der Waals surface area contributed by atoms with Crippen molar-refractivity contribution in [3.8, 4) is 0 Å². The van der Waals surface area contributed by atoms with Crippen molar-refractivity contribution in [2.75, 3.05) is 18.0 Å². The van der Waals surface area contributed by atoms with Crippen LogP contribution in [-0.2, 0) is 4.79 Å². The third kappa shape index (κ3) is 5.79. The van der Waals surface area contributed by atoms with E-state index in [1.807, 2.05) is 56.3 Å². The zero-order valence-corrected chi connectivity index (χ0v) is 17.8. The number of nitrogens with one attached hydrogen (secondary N) is 1. The number of amides is 2. The average Bonchev–Trinajstić information content (AvgIpc) is 2.79. The van der Waals surface area contributed by atoms with Gasteiger partial charge in [-0.1, -0.05) is 55.0 Å². The smallest absolute Gasteiger partial charge is 0.258 e. The first-order valence-corrected chi connectivity index (χ1v) is 10.5. The maximum Gasteiger partial charge on any atom is 0.258 e. The van der Waals surface area contributed by atoms with E-state index in [0.29, 0.717) is 17.7 Å². The van der Waals surface area contributed by atoms with Crippen molar-refractivity contribution in [3.63, 3.8) is 0 Å². The fourth-order valence-corrected chi connectivity index (χ4v) is 3.49. The predicted molar refractivity (Wildman–Crippen MR) is 122 cm³/mol. The lowest BCUT2D eigenvalue weighted by Gasteiger charge is -2.24. The second kappa shape index (κ2) is 10.5. The number of hydrogen-bond donors (Lipinski definition) is 1. The Bertz CT molecular complexity index is 1000. The van der Waals surface area contributed by atoms with Crippen LogP contribution in [0.5, 0.6) is 0 Å². The van der Waals surface area contributed by atoms with Crippen LogP contribution in [0.25, 0.3) is 0 Å². The highest BCUT2D eigenvalue weighted by Gasteiger charge is 2.21. The summed E-state index contributed by atoms with van der Waals surface area (Å²) in [4.78, 5) is 27.5. The largest absolute Gasteiger partial charge is 0.354 e. The van der Waals surface area contributed by atoms with E-state index in [-0.39, 0.29) is 36.6 Å². The molecule has 0 saturated carbocycles. The van der Waals surface area contributed by atoms with Crippen molar-refractivity contribution in [2.45, 2.75) is 26.2 Å². The molecule has 1 unspecified atom stereocenters. The zero-order valence-electron chi connectivity index (χ0n) is 17.8. The summed E-state index contributed by atoms with van der Waals surface area (Å²) in [7, 11) is 0. The van der Waals surface area contributed by atoms with Crippen LogP contribution in [0.4, 0.5) is 10.1 Å². The number of benzene rings is 3. The summed E-state index contributed by atoms with van der Waals surface area (Å²) in [6.07, 6.45) is 0.680. The van der Waals surface area contributed by atoms with Crippen molar-refractivity contribution in [2.24, 2.45) is 0 Å². The zero-order chi connectivity index (χ0) is 22.2. The van der Waals surface area contributed by atoms with Gasteiger partial charge in [-0.15, -0.1) is 0 Å². The lowest BCUT2D eigenvalue weighted by atomic mass is 9.96. The van der Waals surface area contributed by atoms with Crippen molar-refractivity contribution >= 4 is 17.5 Å². The predicted octanol–water partition coefficient (Wildman–Crippen LogP) is 5.09. The molecule has 160 valence electrons. The summed E-state index contributed by atoms with van der Waals surface area (Å²) in [6, 6.07) is 22.7. The van der Waals surface area contributed by atoms with Gasteiger partial charge in [-0.2, -0.15) is 0 Å². The molecule has 0 aliphatic heterocycles. The number of carbonyl (C=O) groups excluding carboxylic acids is 2. The molecule has 3 aromatic carbocycles. The molecule has 0 spiro atoms. The van der Waals surface area contributed by atoms with Gasteiger partial charge in [0, 0.05) is 24.3 Å². The van der Waals surface area contributed by atoms with E-state index in [4.69, 9.17) is 0 Å². The fraction of sp³-hybridized carbons (Fsp3) is 0.231. The molecule has 0 aliphatic carbocycles. The second-order valence-corrected chi connectivity index (χ2v) is 7.46. The molecule has 0 radical (unpaired) electrons. The molecule has 3 aromatic rings. The van der Waals surface area contributed by atoms with E-state index in [1.54, 1.807) is 29.2 Å².